The number of anilines is 1. The second kappa shape index (κ2) is 9.67. The first-order valence-corrected chi connectivity index (χ1v) is 11.0. The fraction of sp³-hybridized carbons (Fsp3) is 0.304. The van der Waals surface area contributed by atoms with Crippen molar-refractivity contribution in [2.75, 3.05) is 18.4 Å². The Morgan fingerprint density at radius 1 is 1.07 bits per heavy atom. The molecule has 0 unspecified atom stereocenters. The summed E-state index contributed by atoms with van der Waals surface area (Å²) in [4.78, 5) is 19.1. The van der Waals surface area contributed by atoms with E-state index in [2.05, 4.69) is 56.9 Å². The summed E-state index contributed by atoms with van der Waals surface area (Å²) in [6.45, 7) is 3.45. The molecule has 4 rings (SSSR count). The fourth-order valence-electron chi connectivity index (χ4n) is 3.64. The molecule has 0 bridgehead atoms. The fourth-order valence-corrected chi connectivity index (χ4v) is 4.33. The van der Waals surface area contributed by atoms with Gasteiger partial charge in [0.2, 0.25) is 0 Å². The van der Waals surface area contributed by atoms with Gasteiger partial charge in [-0.2, -0.15) is 0 Å². The van der Waals surface area contributed by atoms with Gasteiger partial charge in [0.1, 0.15) is 0 Å². The number of hydrogen-bond donors (Lipinski definition) is 2. The zero-order valence-corrected chi connectivity index (χ0v) is 17.3. The van der Waals surface area contributed by atoms with Gasteiger partial charge in [-0.1, -0.05) is 54.6 Å². The highest BCUT2D eigenvalue weighted by molar-refractivity contribution is 7.13. The van der Waals surface area contributed by atoms with Gasteiger partial charge in [-0.25, -0.2) is 9.78 Å². The maximum Gasteiger partial charge on any atom is 0.321 e. The minimum atomic E-state index is -0.189. The molecule has 0 aliphatic carbocycles. The third-order valence-corrected chi connectivity index (χ3v) is 5.94. The number of aromatic nitrogens is 1. The smallest absolute Gasteiger partial charge is 0.321 e. The second-order valence-corrected chi connectivity index (χ2v) is 8.20. The number of nitrogens with one attached hydrogen (secondary N) is 2. The number of nitrogens with zero attached hydrogens (tertiary/aromatic N) is 2. The van der Waals surface area contributed by atoms with Crippen molar-refractivity contribution in [1.82, 2.24) is 15.2 Å². The van der Waals surface area contributed by atoms with E-state index < -0.39 is 0 Å². The highest BCUT2D eigenvalue weighted by Crippen LogP contribution is 2.22. The first kappa shape index (κ1) is 19.6. The number of benzene rings is 2. The van der Waals surface area contributed by atoms with Crippen molar-refractivity contribution in [3.63, 3.8) is 0 Å². The van der Waals surface area contributed by atoms with Crippen molar-refractivity contribution in [2.24, 2.45) is 0 Å². The molecule has 6 heteroatoms. The van der Waals surface area contributed by atoms with E-state index in [0.29, 0.717) is 11.7 Å². The topological polar surface area (TPSA) is 57.3 Å². The average molecular weight is 407 g/mol. The van der Waals surface area contributed by atoms with Crippen LogP contribution in [0.25, 0.3) is 0 Å². The lowest BCUT2D eigenvalue weighted by molar-refractivity contribution is 0.243. The Bertz CT molecular complexity index is 941. The zero-order valence-electron chi connectivity index (χ0n) is 16.4. The van der Waals surface area contributed by atoms with Crippen LogP contribution in [0.1, 0.15) is 28.8 Å². The number of carbonyl (C=O) groups excluding carboxylic acids is 1. The highest BCUT2D eigenvalue weighted by Gasteiger charge is 2.17. The van der Waals surface area contributed by atoms with E-state index >= 15 is 0 Å². The zero-order chi connectivity index (χ0) is 19.9. The third-order valence-electron chi connectivity index (χ3n) is 5.14. The predicted molar refractivity (Wildman–Crippen MR) is 118 cm³/mol. The molecule has 2 aromatic carbocycles. The highest BCUT2D eigenvalue weighted by atomic mass is 32.1. The van der Waals surface area contributed by atoms with Gasteiger partial charge in [-0.3, -0.25) is 10.2 Å². The van der Waals surface area contributed by atoms with E-state index in [1.807, 2.05) is 23.6 Å². The molecule has 2 heterocycles. The largest absolute Gasteiger partial charge is 0.338 e. The molecule has 29 heavy (non-hydrogen) atoms. The number of fused-ring (bicyclic) bond motifs is 1. The van der Waals surface area contributed by atoms with Crippen LogP contribution in [0.4, 0.5) is 9.93 Å². The molecule has 0 spiro atoms. The number of aryl methyl sites for hydroxylation is 1. The molecule has 0 radical (unpaired) electrons. The molecular formula is C23H26N4OS. The minimum Gasteiger partial charge on any atom is -0.338 e. The Balaban J connectivity index is 1.19. The van der Waals surface area contributed by atoms with Crippen LogP contribution in [-0.2, 0) is 25.9 Å². The van der Waals surface area contributed by atoms with E-state index in [1.54, 1.807) is 0 Å². The minimum absolute atomic E-state index is 0.189. The molecule has 5 nitrogen and oxygen atoms in total. The van der Waals surface area contributed by atoms with Gasteiger partial charge in [-0.15, -0.1) is 11.3 Å². The third kappa shape index (κ3) is 5.65. The van der Waals surface area contributed by atoms with E-state index in [9.17, 15) is 4.79 Å². The molecule has 0 fully saturated rings. The van der Waals surface area contributed by atoms with Crippen molar-refractivity contribution in [1.29, 1.82) is 0 Å². The van der Waals surface area contributed by atoms with Crippen LogP contribution in [0.5, 0.6) is 0 Å². The summed E-state index contributed by atoms with van der Waals surface area (Å²) >= 11 is 1.48. The molecule has 2 amide bonds. The quantitative estimate of drug-likeness (QED) is 0.570. The number of carbonyl (C=O) groups is 1. The van der Waals surface area contributed by atoms with E-state index in [0.717, 1.165) is 44.6 Å². The van der Waals surface area contributed by atoms with E-state index in [4.69, 9.17) is 0 Å². The van der Waals surface area contributed by atoms with E-state index in [-0.39, 0.29) is 6.03 Å². The lowest BCUT2D eigenvalue weighted by Gasteiger charge is -2.27. The first-order chi connectivity index (χ1) is 14.3. The molecule has 2 N–H and O–H groups in total. The summed E-state index contributed by atoms with van der Waals surface area (Å²) < 4.78 is 0. The monoisotopic (exact) mass is 406 g/mol. The summed E-state index contributed by atoms with van der Waals surface area (Å²) in [6.07, 6.45) is 2.95. The van der Waals surface area contributed by atoms with Crippen LogP contribution in [0, 0.1) is 0 Å². The van der Waals surface area contributed by atoms with Gasteiger partial charge in [0, 0.05) is 31.6 Å². The van der Waals surface area contributed by atoms with Gasteiger partial charge in [-0.05, 0) is 36.0 Å². The molecule has 3 aromatic rings. The molecule has 150 valence electrons. The van der Waals surface area contributed by atoms with Gasteiger partial charge >= 0.3 is 6.03 Å². The maximum atomic E-state index is 12.1. The Labute approximate surface area is 175 Å². The Morgan fingerprint density at radius 3 is 2.72 bits per heavy atom. The Morgan fingerprint density at radius 2 is 1.86 bits per heavy atom. The SMILES string of the molecule is O=C(NCCCc1ccccc1)Nc1nc(CN2CCc3ccccc3C2)cs1. The Kier molecular flexibility index (Phi) is 6.54. The standard InChI is InChI=1S/C23H26N4OS/c28-22(24-13-6-9-18-7-2-1-3-8-18)26-23-25-21(17-29-23)16-27-14-12-19-10-4-5-11-20(19)15-27/h1-5,7-8,10-11,17H,6,9,12-16H2,(H2,24,25,26,28). The van der Waals surface area contributed by atoms with Crippen molar-refractivity contribution >= 4 is 22.5 Å². The van der Waals surface area contributed by atoms with Crippen molar-refractivity contribution in [3.05, 3.63) is 82.4 Å². The molecule has 0 saturated heterocycles. The molecule has 1 aliphatic rings. The van der Waals surface area contributed by atoms with Crippen LogP contribution in [-0.4, -0.2) is 29.0 Å². The van der Waals surface area contributed by atoms with Crippen LogP contribution in [0.15, 0.2) is 60.0 Å². The van der Waals surface area contributed by atoms with Crippen LogP contribution in [0.3, 0.4) is 0 Å². The molecule has 0 saturated carbocycles. The van der Waals surface area contributed by atoms with E-state index in [1.165, 1.54) is 28.0 Å². The molecule has 1 aromatic heterocycles. The van der Waals surface area contributed by atoms with Gasteiger partial charge in [0.15, 0.2) is 5.13 Å². The van der Waals surface area contributed by atoms with Gasteiger partial charge in [0.05, 0.1) is 5.69 Å². The summed E-state index contributed by atoms with van der Waals surface area (Å²) in [5, 5.41) is 8.45. The van der Waals surface area contributed by atoms with Crippen LogP contribution in [0.2, 0.25) is 0 Å². The normalized spacial score (nSPS) is 13.7. The van der Waals surface area contributed by atoms with Crippen molar-refractivity contribution in [2.45, 2.75) is 32.4 Å². The van der Waals surface area contributed by atoms with Crippen molar-refractivity contribution < 1.29 is 4.79 Å². The molecule has 0 atom stereocenters. The average Bonchev–Trinajstić information content (AvgIpc) is 3.18. The maximum absolute atomic E-state index is 12.1. The summed E-state index contributed by atoms with van der Waals surface area (Å²) in [7, 11) is 0. The summed E-state index contributed by atoms with van der Waals surface area (Å²) in [5.41, 5.74) is 5.16. The molecular weight excluding hydrogens is 380 g/mol. The summed E-state index contributed by atoms with van der Waals surface area (Å²) in [6, 6.07) is 18.8. The van der Waals surface area contributed by atoms with Gasteiger partial charge < -0.3 is 5.32 Å². The van der Waals surface area contributed by atoms with Crippen LogP contribution >= 0.6 is 11.3 Å². The predicted octanol–water partition coefficient (Wildman–Crippen LogP) is 4.46. The number of rotatable bonds is 7. The molecule has 1 aliphatic heterocycles. The second-order valence-electron chi connectivity index (χ2n) is 7.34. The lowest BCUT2D eigenvalue weighted by atomic mass is 10.00. The number of thiazole rings is 1. The number of hydrogen-bond acceptors (Lipinski definition) is 4. The van der Waals surface area contributed by atoms with Gasteiger partial charge in [0.25, 0.3) is 0 Å². The lowest BCUT2D eigenvalue weighted by Crippen LogP contribution is -2.30. The number of amides is 2. The first-order valence-electron chi connectivity index (χ1n) is 10.1. The Hall–Kier alpha value is -2.70. The van der Waals surface area contributed by atoms with Crippen LogP contribution < -0.4 is 10.6 Å². The van der Waals surface area contributed by atoms with Crippen molar-refractivity contribution in [3.8, 4) is 0 Å². The number of urea groups is 1. The summed E-state index contributed by atoms with van der Waals surface area (Å²) in [5.74, 6) is 0.